The summed E-state index contributed by atoms with van der Waals surface area (Å²) in [7, 11) is 0. The highest BCUT2D eigenvalue weighted by atomic mass is 19.1. The highest BCUT2D eigenvalue weighted by Crippen LogP contribution is 2.28. The number of halogens is 3. The second-order valence-electron chi connectivity index (χ2n) is 4.68. The summed E-state index contributed by atoms with van der Waals surface area (Å²) >= 11 is 0. The Labute approximate surface area is 116 Å². The molecule has 4 heteroatoms. The summed E-state index contributed by atoms with van der Waals surface area (Å²) in [5.74, 6) is -1.73. The lowest BCUT2D eigenvalue weighted by molar-refractivity contribution is 0.591. The topological polar surface area (TPSA) is 12.0 Å². The highest BCUT2D eigenvalue weighted by molar-refractivity contribution is 5.66. The Hall–Kier alpha value is -1.81. The van der Waals surface area contributed by atoms with Crippen molar-refractivity contribution in [1.82, 2.24) is 5.32 Å². The van der Waals surface area contributed by atoms with Gasteiger partial charge in [0, 0.05) is 17.7 Å². The van der Waals surface area contributed by atoms with E-state index in [9.17, 15) is 13.2 Å². The summed E-state index contributed by atoms with van der Waals surface area (Å²) in [6.45, 7) is 4.76. The van der Waals surface area contributed by atoms with Crippen molar-refractivity contribution in [2.45, 2.75) is 20.4 Å². The second kappa shape index (κ2) is 6.09. The standard InChI is InChI=1S/C16H16F3N/c1-3-20-9-11-4-5-14(17)12(7-11)13-8-15(18)10(2)6-16(13)19/h4-8,20H,3,9H2,1-2H3. The minimum Gasteiger partial charge on any atom is -0.313 e. The molecule has 106 valence electrons. The largest absolute Gasteiger partial charge is 0.313 e. The van der Waals surface area contributed by atoms with Gasteiger partial charge in [-0.05, 0) is 48.9 Å². The maximum atomic E-state index is 13.9. The molecule has 0 heterocycles. The molecule has 0 saturated carbocycles. The summed E-state index contributed by atoms with van der Waals surface area (Å²) < 4.78 is 41.4. The van der Waals surface area contributed by atoms with Gasteiger partial charge in [0.2, 0.25) is 0 Å². The van der Waals surface area contributed by atoms with Gasteiger partial charge in [0.15, 0.2) is 0 Å². The van der Waals surface area contributed by atoms with Crippen molar-refractivity contribution in [1.29, 1.82) is 0 Å². The molecule has 0 aliphatic carbocycles. The summed E-state index contributed by atoms with van der Waals surface area (Å²) in [5, 5.41) is 3.11. The van der Waals surface area contributed by atoms with Gasteiger partial charge in [0.1, 0.15) is 17.5 Å². The van der Waals surface area contributed by atoms with Gasteiger partial charge < -0.3 is 5.32 Å². The van der Waals surface area contributed by atoms with E-state index < -0.39 is 17.5 Å². The first-order valence-corrected chi connectivity index (χ1v) is 6.48. The molecule has 0 aromatic heterocycles. The molecular weight excluding hydrogens is 263 g/mol. The zero-order valence-electron chi connectivity index (χ0n) is 11.4. The number of aryl methyl sites for hydroxylation is 1. The molecular formula is C16H16F3N. The lowest BCUT2D eigenvalue weighted by Crippen LogP contribution is -2.11. The number of hydrogen-bond acceptors (Lipinski definition) is 1. The second-order valence-corrected chi connectivity index (χ2v) is 4.68. The maximum Gasteiger partial charge on any atom is 0.131 e. The van der Waals surface area contributed by atoms with E-state index in [0.717, 1.165) is 24.2 Å². The van der Waals surface area contributed by atoms with Crippen LogP contribution in [0.15, 0.2) is 30.3 Å². The lowest BCUT2D eigenvalue weighted by atomic mass is 10.00. The van der Waals surface area contributed by atoms with Crippen molar-refractivity contribution >= 4 is 0 Å². The molecule has 0 aliphatic heterocycles. The van der Waals surface area contributed by atoms with Gasteiger partial charge in [0.25, 0.3) is 0 Å². The fourth-order valence-corrected chi connectivity index (χ4v) is 2.01. The Morgan fingerprint density at radius 2 is 1.60 bits per heavy atom. The lowest BCUT2D eigenvalue weighted by Gasteiger charge is -2.10. The third kappa shape index (κ3) is 3.02. The SMILES string of the molecule is CCNCc1ccc(F)c(-c2cc(F)c(C)cc2F)c1. The first-order chi connectivity index (χ1) is 9.52. The molecule has 1 nitrogen and oxygen atoms in total. The average Bonchev–Trinajstić information content (AvgIpc) is 2.42. The quantitative estimate of drug-likeness (QED) is 0.885. The van der Waals surface area contributed by atoms with Crippen molar-refractivity contribution in [3.63, 3.8) is 0 Å². The third-order valence-corrected chi connectivity index (χ3v) is 3.15. The Balaban J connectivity index is 2.48. The predicted molar refractivity (Wildman–Crippen MR) is 73.9 cm³/mol. The molecule has 0 fully saturated rings. The molecule has 0 bridgehead atoms. The van der Waals surface area contributed by atoms with Crippen molar-refractivity contribution in [3.05, 3.63) is 58.9 Å². The van der Waals surface area contributed by atoms with Crippen LogP contribution in [0.1, 0.15) is 18.1 Å². The first kappa shape index (κ1) is 14.6. The number of nitrogens with one attached hydrogen (secondary N) is 1. The molecule has 20 heavy (non-hydrogen) atoms. The smallest absolute Gasteiger partial charge is 0.131 e. The van der Waals surface area contributed by atoms with Crippen LogP contribution in [0.4, 0.5) is 13.2 Å². The molecule has 0 amide bonds. The van der Waals surface area contributed by atoms with Crippen LogP contribution in [-0.4, -0.2) is 6.54 Å². The molecule has 0 saturated heterocycles. The summed E-state index contributed by atoms with van der Waals surface area (Å²) in [5.41, 5.74) is 1.06. The molecule has 0 unspecified atom stereocenters. The van der Waals surface area contributed by atoms with Gasteiger partial charge in [-0.3, -0.25) is 0 Å². The number of rotatable bonds is 4. The van der Waals surface area contributed by atoms with Crippen molar-refractivity contribution in [2.75, 3.05) is 6.54 Å². The predicted octanol–water partition coefficient (Wildman–Crippen LogP) is 4.19. The van der Waals surface area contributed by atoms with E-state index in [0.29, 0.717) is 6.54 Å². The normalized spacial score (nSPS) is 10.8. The first-order valence-electron chi connectivity index (χ1n) is 6.48. The van der Waals surface area contributed by atoms with E-state index >= 15 is 0 Å². The van der Waals surface area contributed by atoms with Crippen LogP contribution < -0.4 is 5.32 Å². The van der Waals surface area contributed by atoms with Gasteiger partial charge in [-0.2, -0.15) is 0 Å². The number of hydrogen-bond donors (Lipinski definition) is 1. The summed E-state index contributed by atoms with van der Waals surface area (Å²) in [4.78, 5) is 0. The van der Waals surface area contributed by atoms with Crippen LogP contribution in [0, 0.1) is 24.4 Å². The van der Waals surface area contributed by atoms with Gasteiger partial charge in [0.05, 0.1) is 0 Å². The van der Waals surface area contributed by atoms with Gasteiger partial charge >= 0.3 is 0 Å². The minimum absolute atomic E-state index is 0.0519. The molecule has 2 aromatic carbocycles. The minimum atomic E-state index is -0.622. The van der Waals surface area contributed by atoms with Crippen LogP contribution >= 0.6 is 0 Å². The molecule has 0 aliphatic rings. The fraction of sp³-hybridized carbons (Fsp3) is 0.250. The van der Waals surface area contributed by atoms with Crippen LogP contribution in [0.3, 0.4) is 0 Å². The van der Waals surface area contributed by atoms with E-state index in [2.05, 4.69) is 5.32 Å². The molecule has 1 N–H and O–H groups in total. The molecule has 0 atom stereocenters. The Morgan fingerprint density at radius 3 is 2.30 bits per heavy atom. The molecule has 0 radical (unpaired) electrons. The van der Waals surface area contributed by atoms with Crippen molar-refractivity contribution in [3.8, 4) is 11.1 Å². The monoisotopic (exact) mass is 279 g/mol. The zero-order valence-corrected chi connectivity index (χ0v) is 11.4. The molecule has 2 rings (SSSR count). The van der Waals surface area contributed by atoms with E-state index in [4.69, 9.17) is 0 Å². The highest BCUT2D eigenvalue weighted by Gasteiger charge is 2.13. The Morgan fingerprint density at radius 1 is 0.900 bits per heavy atom. The fourth-order valence-electron chi connectivity index (χ4n) is 2.01. The van der Waals surface area contributed by atoms with E-state index in [-0.39, 0.29) is 16.7 Å². The van der Waals surface area contributed by atoms with Crippen molar-refractivity contribution in [2.24, 2.45) is 0 Å². The Bertz CT molecular complexity index is 623. The Kier molecular flexibility index (Phi) is 4.45. The van der Waals surface area contributed by atoms with Crippen LogP contribution in [0.2, 0.25) is 0 Å². The summed E-state index contributed by atoms with van der Waals surface area (Å²) in [6, 6.07) is 6.58. The van der Waals surface area contributed by atoms with Gasteiger partial charge in [-0.25, -0.2) is 13.2 Å². The van der Waals surface area contributed by atoms with Crippen LogP contribution in [0.25, 0.3) is 11.1 Å². The average molecular weight is 279 g/mol. The van der Waals surface area contributed by atoms with Crippen LogP contribution in [0.5, 0.6) is 0 Å². The van der Waals surface area contributed by atoms with Crippen molar-refractivity contribution < 1.29 is 13.2 Å². The summed E-state index contributed by atoms with van der Waals surface area (Å²) in [6.07, 6.45) is 0. The van der Waals surface area contributed by atoms with Crippen LogP contribution in [-0.2, 0) is 6.54 Å². The molecule has 0 spiro atoms. The van der Waals surface area contributed by atoms with E-state index in [1.54, 1.807) is 12.1 Å². The van der Waals surface area contributed by atoms with Gasteiger partial charge in [-0.1, -0.05) is 13.0 Å². The third-order valence-electron chi connectivity index (χ3n) is 3.15. The number of benzene rings is 2. The van der Waals surface area contributed by atoms with E-state index in [1.807, 2.05) is 6.92 Å². The maximum absolute atomic E-state index is 13.9. The zero-order chi connectivity index (χ0) is 14.7. The molecule has 2 aromatic rings. The van der Waals surface area contributed by atoms with E-state index in [1.165, 1.54) is 13.0 Å². The van der Waals surface area contributed by atoms with Gasteiger partial charge in [-0.15, -0.1) is 0 Å².